The van der Waals surface area contributed by atoms with Crippen LogP contribution in [0.25, 0.3) is 6.08 Å². The van der Waals surface area contributed by atoms with Crippen LogP contribution in [0, 0.1) is 0 Å². The summed E-state index contributed by atoms with van der Waals surface area (Å²) < 4.78 is 21.7. The minimum atomic E-state index is -0.100. The Bertz CT molecular complexity index is 763. The molecule has 0 atom stereocenters. The highest BCUT2D eigenvalue weighted by Gasteiger charge is 2.11. The zero-order valence-electron chi connectivity index (χ0n) is 16.2. The lowest BCUT2D eigenvalue weighted by molar-refractivity contribution is 0.104. The van der Waals surface area contributed by atoms with Gasteiger partial charge in [0, 0.05) is 18.2 Å². The van der Waals surface area contributed by atoms with Gasteiger partial charge in [-0.1, -0.05) is 12.1 Å². The van der Waals surface area contributed by atoms with E-state index in [-0.39, 0.29) is 11.9 Å². The van der Waals surface area contributed by atoms with Crippen molar-refractivity contribution in [2.45, 2.75) is 20.0 Å². The predicted molar refractivity (Wildman–Crippen MR) is 106 cm³/mol. The van der Waals surface area contributed by atoms with Crippen molar-refractivity contribution in [1.82, 2.24) is 0 Å². The molecule has 0 fully saturated rings. The lowest BCUT2D eigenvalue weighted by Crippen LogP contribution is -2.08. The van der Waals surface area contributed by atoms with Gasteiger partial charge in [0.2, 0.25) is 0 Å². The minimum Gasteiger partial charge on any atom is -0.493 e. The number of hydrogen-bond acceptors (Lipinski definition) is 5. The largest absolute Gasteiger partial charge is 0.493 e. The zero-order chi connectivity index (χ0) is 19.6. The maximum absolute atomic E-state index is 12.5. The summed E-state index contributed by atoms with van der Waals surface area (Å²) in [6, 6.07) is 12.6. The Morgan fingerprint density at radius 2 is 1.78 bits per heavy atom. The second-order valence-corrected chi connectivity index (χ2v) is 6.11. The normalized spacial score (nSPS) is 11.0. The summed E-state index contributed by atoms with van der Waals surface area (Å²) in [5.74, 6) is 1.86. The first-order valence-corrected chi connectivity index (χ1v) is 8.83. The molecule has 2 aromatic carbocycles. The number of allylic oxidation sites excluding steroid dienone is 1. The van der Waals surface area contributed by atoms with Crippen molar-refractivity contribution in [3.8, 4) is 17.2 Å². The number of ketones is 1. The molecular formula is C22H26O5. The van der Waals surface area contributed by atoms with E-state index in [9.17, 15) is 4.79 Å². The maximum atomic E-state index is 12.5. The van der Waals surface area contributed by atoms with Crippen LogP contribution < -0.4 is 14.2 Å². The monoisotopic (exact) mass is 370 g/mol. The summed E-state index contributed by atoms with van der Waals surface area (Å²) in [7, 11) is 3.22. The highest BCUT2D eigenvalue weighted by molar-refractivity contribution is 6.07. The molecule has 0 saturated carbocycles. The predicted octanol–water partition coefficient (Wildman–Crippen LogP) is 4.40. The van der Waals surface area contributed by atoms with E-state index >= 15 is 0 Å². The molecule has 27 heavy (non-hydrogen) atoms. The fourth-order valence-corrected chi connectivity index (χ4v) is 2.41. The van der Waals surface area contributed by atoms with Crippen LogP contribution in [0.3, 0.4) is 0 Å². The van der Waals surface area contributed by atoms with Gasteiger partial charge in [-0.15, -0.1) is 0 Å². The Morgan fingerprint density at radius 1 is 1.04 bits per heavy atom. The van der Waals surface area contributed by atoms with Gasteiger partial charge in [0.15, 0.2) is 17.3 Å². The molecule has 0 aliphatic carbocycles. The van der Waals surface area contributed by atoms with E-state index in [1.165, 1.54) is 6.08 Å². The van der Waals surface area contributed by atoms with Crippen LogP contribution >= 0.6 is 0 Å². The Kier molecular flexibility index (Phi) is 7.89. The zero-order valence-corrected chi connectivity index (χ0v) is 16.2. The average Bonchev–Trinajstić information content (AvgIpc) is 2.67. The molecular weight excluding hydrogens is 344 g/mol. The molecule has 0 spiro atoms. The molecule has 2 rings (SSSR count). The van der Waals surface area contributed by atoms with Gasteiger partial charge in [-0.05, 0) is 56.3 Å². The quantitative estimate of drug-likeness (QED) is 0.352. The summed E-state index contributed by atoms with van der Waals surface area (Å²) in [6.07, 6.45) is 3.27. The van der Waals surface area contributed by atoms with E-state index in [4.69, 9.17) is 18.9 Å². The third-order valence-electron chi connectivity index (χ3n) is 3.69. The smallest absolute Gasteiger partial charge is 0.185 e. The molecule has 0 unspecified atom stereocenters. The van der Waals surface area contributed by atoms with Crippen LogP contribution in [0.4, 0.5) is 0 Å². The number of para-hydroxylation sites is 1. The molecule has 0 amide bonds. The topological polar surface area (TPSA) is 54.0 Å². The number of rotatable bonds is 10. The van der Waals surface area contributed by atoms with Gasteiger partial charge in [-0.25, -0.2) is 0 Å². The lowest BCUT2D eigenvalue weighted by Gasteiger charge is -2.15. The molecule has 0 bridgehead atoms. The van der Waals surface area contributed by atoms with Crippen LogP contribution in [0.1, 0.15) is 29.8 Å². The Morgan fingerprint density at radius 3 is 2.41 bits per heavy atom. The van der Waals surface area contributed by atoms with Gasteiger partial charge in [0.1, 0.15) is 12.4 Å². The van der Waals surface area contributed by atoms with E-state index < -0.39 is 0 Å². The van der Waals surface area contributed by atoms with Gasteiger partial charge < -0.3 is 18.9 Å². The van der Waals surface area contributed by atoms with Crippen LogP contribution in [0.15, 0.2) is 48.5 Å². The fourth-order valence-electron chi connectivity index (χ4n) is 2.41. The van der Waals surface area contributed by atoms with Crippen molar-refractivity contribution in [3.05, 3.63) is 59.7 Å². The van der Waals surface area contributed by atoms with E-state index in [0.717, 1.165) is 5.56 Å². The Labute approximate surface area is 160 Å². The van der Waals surface area contributed by atoms with Crippen molar-refractivity contribution < 1.29 is 23.7 Å². The van der Waals surface area contributed by atoms with Crippen molar-refractivity contribution in [1.29, 1.82) is 0 Å². The van der Waals surface area contributed by atoms with E-state index in [2.05, 4.69) is 0 Å². The number of ether oxygens (including phenoxy) is 4. The molecule has 144 valence electrons. The standard InChI is InChI=1S/C22H26O5/c1-16(2)27-22-18(6-5-7-21(22)25-4)10-13-20(23)17-8-11-19(12-9-17)26-15-14-24-3/h5-13,16H,14-15H2,1-4H3/b13-10+. The van der Waals surface area contributed by atoms with Crippen LogP contribution in [-0.2, 0) is 4.74 Å². The molecule has 5 nitrogen and oxygen atoms in total. The molecule has 0 aromatic heterocycles. The van der Waals surface area contributed by atoms with Crippen molar-refractivity contribution in [3.63, 3.8) is 0 Å². The van der Waals surface area contributed by atoms with Gasteiger partial charge in [0.25, 0.3) is 0 Å². The summed E-state index contributed by atoms with van der Waals surface area (Å²) >= 11 is 0. The van der Waals surface area contributed by atoms with Gasteiger partial charge in [-0.3, -0.25) is 4.79 Å². The number of benzene rings is 2. The number of carbonyl (C=O) groups is 1. The molecule has 0 aliphatic heterocycles. The van der Waals surface area contributed by atoms with Crippen LogP contribution in [0.5, 0.6) is 17.2 Å². The van der Waals surface area contributed by atoms with E-state index in [1.807, 2.05) is 32.0 Å². The van der Waals surface area contributed by atoms with Gasteiger partial charge >= 0.3 is 0 Å². The highest BCUT2D eigenvalue weighted by Crippen LogP contribution is 2.33. The number of carbonyl (C=O) groups excluding carboxylic acids is 1. The number of hydrogen-bond donors (Lipinski definition) is 0. The minimum absolute atomic E-state index is 0.00481. The third-order valence-corrected chi connectivity index (χ3v) is 3.69. The molecule has 5 heteroatoms. The third kappa shape index (κ3) is 6.15. The molecule has 0 aliphatic rings. The Hall–Kier alpha value is -2.79. The maximum Gasteiger partial charge on any atom is 0.185 e. The van der Waals surface area contributed by atoms with Crippen molar-refractivity contribution >= 4 is 11.9 Å². The first-order valence-electron chi connectivity index (χ1n) is 8.83. The first-order chi connectivity index (χ1) is 13.0. The fraction of sp³-hybridized carbons (Fsp3) is 0.318. The summed E-state index contributed by atoms with van der Waals surface area (Å²) in [5.41, 5.74) is 1.37. The summed E-state index contributed by atoms with van der Waals surface area (Å²) in [4.78, 5) is 12.5. The van der Waals surface area contributed by atoms with Gasteiger partial charge in [-0.2, -0.15) is 0 Å². The average molecular weight is 370 g/mol. The van der Waals surface area contributed by atoms with Crippen LogP contribution in [-0.4, -0.2) is 39.3 Å². The van der Waals surface area contributed by atoms with Gasteiger partial charge in [0.05, 0.1) is 19.8 Å². The lowest BCUT2D eigenvalue weighted by atomic mass is 10.1. The van der Waals surface area contributed by atoms with Crippen LogP contribution in [0.2, 0.25) is 0 Å². The van der Waals surface area contributed by atoms with Crippen molar-refractivity contribution in [2.24, 2.45) is 0 Å². The number of methoxy groups -OCH3 is 2. The summed E-state index contributed by atoms with van der Waals surface area (Å²) in [5, 5.41) is 0. The molecule has 0 N–H and O–H groups in total. The molecule has 2 aromatic rings. The molecule has 0 saturated heterocycles. The van der Waals surface area contributed by atoms with E-state index in [1.54, 1.807) is 44.6 Å². The second kappa shape index (κ2) is 10.4. The van der Waals surface area contributed by atoms with Crippen molar-refractivity contribution in [2.75, 3.05) is 27.4 Å². The Balaban J connectivity index is 2.12. The summed E-state index contributed by atoms with van der Waals surface area (Å²) in [6.45, 7) is 4.88. The molecule has 0 heterocycles. The SMILES string of the molecule is COCCOc1ccc(C(=O)/C=C/c2cccc(OC)c2OC(C)C)cc1. The first kappa shape index (κ1) is 20.5. The second-order valence-electron chi connectivity index (χ2n) is 6.11. The highest BCUT2D eigenvalue weighted by atomic mass is 16.5. The molecule has 0 radical (unpaired) electrons. The van der Waals surface area contributed by atoms with E-state index in [0.29, 0.717) is 36.0 Å².